The third-order valence-corrected chi connectivity index (χ3v) is 5.11. The van der Waals surface area contributed by atoms with Gasteiger partial charge in [-0.1, -0.05) is 24.3 Å². The van der Waals surface area contributed by atoms with E-state index in [0.29, 0.717) is 25.2 Å². The zero-order valence-electron chi connectivity index (χ0n) is 14.5. The summed E-state index contributed by atoms with van der Waals surface area (Å²) in [5.41, 5.74) is 1.66. The number of aromatic nitrogens is 1. The first-order chi connectivity index (χ1) is 12.7. The molecular formula is C20H22FN3O2. The van der Waals surface area contributed by atoms with E-state index in [1.807, 2.05) is 24.3 Å². The van der Waals surface area contributed by atoms with Gasteiger partial charge in [0.2, 0.25) is 5.91 Å². The number of fused-ring (bicyclic) bond motifs is 2. The molecule has 136 valence electrons. The number of ether oxygens (including phenoxy) is 1. The fourth-order valence-corrected chi connectivity index (χ4v) is 3.83. The van der Waals surface area contributed by atoms with Crippen molar-refractivity contribution in [2.75, 3.05) is 13.1 Å². The number of halogens is 1. The number of carbonyl (C=O) groups is 1. The zero-order chi connectivity index (χ0) is 17.9. The van der Waals surface area contributed by atoms with Crippen LogP contribution < -0.4 is 5.32 Å². The summed E-state index contributed by atoms with van der Waals surface area (Å²) in [6.07, 6.45) is 4.09. The maximum atomic E-state index is 13.9. The molecule has 3 atom stereocenters. The third-order valence-electron chi connectivity index (χ3n) is 5.11. The summed E-state index contributed by atoms with van der Waals surface area (Å²) in [5.74, 6) is -0.312. The number of morpholine rings is 1. The molecule has 26 heavy (non-hydrogen) atoms. The number of nitrogens with zero attached hydrogens (tertiary/aromatic N) is 2. The first kappa shape index (κ1) is 17.1. The van der Waals surface area contributed by atoms with Gasteiger partial charge in [0.1, 0.15) is 5.82 Å². The van der Waals surface area contributed by atoms with Crippen LogP contribution in [0, 0.1) is 11.7 Å². The summed E-state index contributed by atoms with van der Waals surface area (Å²) in [6.45, 7) is 2.40. The SMILES string of the molecule is O=C(NCc1cccnc1)[C@@H]1C[C@H]2CN(Cc3ccccc3F)C[C@H]1O2. The molecule has 0 unspecified atom stereocenters. The van der Waals surface area contributed by atoms with Crippen LogP contribution in [0.15, 0.2) is 48.8 Å². The monoisotopic (exact) mass is 355 g/mol. The summed E-state index contributed by atoms with van der Waals surface area (Å²) < 4.78 is 19.9. The molecule has 2 aliphatic heterocycles. The average Bonchev–Trinajstić information content (AvgIpc) is 2.97. The lowest BCUT2D eigenvalue weighted by Gasteiger charge is -2.32. The Labute approximate surface area is 152 Å². The van der Waals surface area contributed by atoms with E-state index >= 15 is 0 Å². The molecule has 0 radical (unpaired) electrons. The van der Waals surface area contributed by atoms with Gasteiger partial charge in [-0.15, -0.1) is 0 Å². The maximum absolute atomic E-state index is 13.9. The number of amides is 1. The Balaban J connectivity index is 1.35. The molecule has 1 aromatic carbocycles. The molecule has 1 N–H and O–H groups in total. The Morgan fingerprint density at radius 2 is 2.15 bits per heavy atom. The van der Waals surface area contributed by atoms with Crippen LogP contribution in [0.4, 0.5) is 4.39 Å². The van der Waals surface area contributed by atoms with Gasteiger partial charge in [0.25, 0.3) is 0 Å². The Kier molecular flexibility index (Phi) is 4.95. The largest absolute Gasteiger partial charge is 0.371 e. The van der Waals surface area contributed by atoms with E-state index in [-0.39, 0.29) is 29.9 Å². The van der Waals surface area contributed by atoms with Crippen molar-refractivity contribution in [2.45, 2.75) is 31.7 Å². The molecule has 0 saturated carbocycles. The van der Waals surface area contributed by atoms with Crippen molar-refractivity contribution in [2.24, 2.45) is 5.92 Å². The minimum absolute atomic E-state index is 0.0223. The number of hydrogen-bond donors (Lipinski definition) is 1. The highest BCUT2D eigenvalue weighted by Gasteiger charge is 2.44. The van der Waals surface area contributed by atoms with E-state index in [4.69, 9.17) is 4.74 Å². The minimum Gasteiger partial charge on any atom is -0.371 e. The minimum atomic E-state index is -0.183. The van der Waals surface area contributed by atoms with Crippen LogP contribution in [0.25, 0.3) is 0 Å². The predicted octanol–water partition coefficient (Wildman–Crippen LogP) is 2.13. The summed E-state index contributed by atoms with van der Waals surface area (Å²) >= 11 is 0. The van der Waals surface area contributed by atoms with E-state index in [1.54, 1.807) is 18.5 Å². The first-order valence-electron chi connectivity index (χ1n) is 8.97. The normalized spacial score (nSPS) is 25.2. The average molecular weight is 355 g/mol. The van der Waals surface area contributed by atoms with Gasteiger partial charge < -0.3 is 10.1 Å². The Hall–Kier alpha value is -2.31. The van der Waals surface area contributed by atoms with Gasteiger partial charge in [-0.3, -0.25) is 14.7 Å². The molecule has 0 spiro atoms. The molecule has 5 nitrogen and oxygen atoms in total. The van der Waals surface area contributed by atoms with Crippen molar-refractivity contribution >= 4 is 5.91 Å². The van der Waals surface area contributed by atoms with E-state index in [9.17, 15) is 9.18 Å². The van der Waals surface area contributed by atoms with E-state index in [1.165, 1.54) is 6.07 Å². The number of carbonyl (C=O) groups excluding carboxylic acids is 1. The van der Waals surface area contributed by atoms with Gasteiger partial charge in [0, 0.05) is 44.1 Å². The first-order valence-corrected chi connectivity index (χ1v) is 8.97. The van der Waals surface area contributed by atoms with Gasteiger partial charge in [0.15, 0.2) is 0 Å². The van der Waals surface area contributed by atoms with Crippen LogP contribution in [0.3, 0.4) is 0 Å². The lowest BCUT2D eigenvalue weighted by Crippen LogP contribution is -2.45. The van der Waals surface area contributed by atoms with Crippen molar-refractivity contribution in [1.29, 1.82) is 0 Å². The van der Waals surface area contributed by atoms with Crippen molar-refractivity contribution in [3.05, 3.63) is 65.7 Å². The van der Waals surface area contributed by atoms with Crippen LogP contribution in [0.2, 0.25) is 0 Å². The van der Waals surface area contributed by atoms with Crippen molar-refractivity contribution in [1.82, 2.24) is 15.2 Å². The topological polar surface area (TPSA) is 54.5 Å². The molecule has 2 saturated heterocycles. The highest BCUT2D eigenvalue weighted by Crippen LogP contribution is 2.33. The van der Waals surface area contributed by atoms with Gasteiger partial charge in [0.05, 0.1) is 18.1 Å². The Morgan fingerprint density at radius 3 is 2.96 bits per heavy atom. The van der Waals surface area contributed by atoms with Crippen LogP contribution in [-0.4, -0.2) is 41.1 Å². The van der Waals surface area contributed by atoms with Crippen LogP contribution >= 0.6 is 0 Å². The van der Waals surface area contributed by atoms with E-state index in [2.05, 4.69) is 15.2 Å². The fourth-order valence-electron chi connectivity index (χ4n) is 3.83. The quantitative estimate of drug-likeness (QED) is 0.893. The van der Waals surface area contributed by atoms with Gasteiger partial charge in [-0.05, 0) is 24.1 Å². The van der Waals surface area contributed by atoms with Gasteiger partial charge in [-0.2, -0.15) is 0 Å². The lowest BCUT2D eigenvalue weighted by atomic mass is 9.99. The second-order valence-corrected chi connectivity index (χ2v) is 7.00. The number of hydrogen-bond acceptors (Lipinski definition) is 4. The Bertz CT molecular complexity index is 771. The number of nitrogens with one attached hydrogen (secondary N) is 1. The molecule has 1 aromatic heterocycles. The third kappa shape index (κ3) is 3.76. The van der Waals surface area contributed by atoms with E-state index < -0.39 is 0 Å². The molecule has 2 bridgehead atoms. The molecule has 3 heterocycles. The predicted molar refractivity (Wildman–Crippen MR) is 94.5 cm³/mol. The van der Waals surface area contributed by atoms with Gasteiger partial charge in [-0.25, -0.2) is 4.39 Å². The summed E-state index contributed by atoms with van der Waals surface area (Å²) in [7, 11) is 0. The van der Waals surface area contributed by atoms with Crippen molar-refractivity contribution in [3.8, 4) is 0 Å². The molecular weight excluding hydrogens is 333 g/mol. The lowest BCUT2D eigenvalue weighted by molar-refractivity contribution is -0.128. The van der Waals surface area contributed by atoms with Crippen LogP contribution in [0.5, 0.6) is 0 Å². The summed E-state index contributed by atoms with van der Waals surface area (Å²) in [5, 5.41) is 2.99. The van der Waals surface area contributed by atoms with Gasteiger partial charge >= 0.3 is 0 Å². The summed E-state index contributed by atoms with van der Waals surface area (Å²) in [6, 6.07) is 10.6. The molecule has 2 fully saturated rings. The number of rotatable bonds is 5. The highest BCUT2D eigenvalue weighted by atomic mass is 19.1. The number of pyridine rings is 1. The van der Waals surface area contributed by atoms with Crippen LogP contribution in [-0.2, 0) is 22.6 Å². The molecule has 2 aliphatic rings. The van der Waals surface area contributed by atoms with Crippen LogP contribution in [0.1, 0.15) is 17.5 Å². The number of benzene rings is 1. The molecule has 2 aromatic rings. The molecule has 6 heteroatoms. The number of likely N-dealkylation sites (tertiary alicyclic amines) is 1. The smallest absolute Gasteiger partial charge is 0.226 e. The second kappa shape index (κ2) is 7.51. The Morgan fingerprint density at radius 1 is 1.27 bits per heavy atom. The van der Waals surface area contributed by atoms with Crippen molar-refractivity contribution < 1.29 is 13.9 Å². The van der Waals surface area contributed by atoms with E-state index in [0.717, 1.165) is 18.5 Å². The fraction of sp³-hybridized carbons (Fsp3) is 0.400. The molecule has 4 rings (SSSR count). The maximum Gasteiger partial charge on any atom is 0.226 e. The second-order valence-electron chi connectivity index (χ2n) is 7.00. The molecule has 1 amide bonds. The molecule has 0 aliphatic carbocycles. The summed E-state index contributed by atoms with van der Waals surface area (Å²) in [4.78, 5) is 18.8. The zero-order valence-corrected chi connectivity index (χ0v) is 14.5. The standard InChI is InChI=1S/C20H22FN3O2/c21-18-6-2-1-5-15(18)11-24-12-16-8-17(19(13-24)26-16)20(25)23-10-14-4-3-7-22-9-14/h1-7,9,16-17,19H,8,10-13H2,(H,23,25)/t16-,17+,19+/m0/s1. The highest BCUT2D eigenvalue weighted by molar-refractivity contribution is 5.79. The van der Waals surface area contributed by atoms with Crippen molar-refractivity contribution in [3.63, 3.8) is 0 Å².